The third kappa shape index (κ3) is 1.67. The number of aliphatic hydroxyl groups is 1. The molecule has 2 fully saturated rings. The zero-order valence-corrected chi connectivity index (χ0v) is 5.53. The maximum atomic E-state index is 9.06. The molecular weight excluding hydrogens is 136 g/mol. The molecule has 4 heteroatoms. The van der Waals surface area contributed by atoms with Gasteiger partial charge in [-0.25, -0.2) is 0 Å². The first-order valence-corrected chi connectivity index (χ1v) is 3.39. The number of aliphatic hydroxyl groups excluding tert-OH is 1. The Morgan fingerprint density at radius 3 is 2.70 bits per heavy atom. The summed E-state index contributed by atoms with van der Waals surface area (Å²) in [6.07, 6.45) is -0.614. The lowest BCUT2D eigenvalue weighted by molar-refractivity contribution is -0.115. The monoisotopic (exact) mass is 146 g/mol. The Kier molecular flexibility index (Phi) is 1.61. The highest BCUT2D eigenvalue weighted by Gasteiger charge is 2.34. The molecule has 2 rings (SSSR count). The lowest BCUT2D eigenvalue weighted by Gasteiger charge is -2.06. The van der Waals surface area contributed by atoms with Crippen molar-refractivity contribution in [2.24, 2.45) is 0 Å². The minimum Gasteiger partial charge on any atom is -0.371 e. The Morgan fingerprint density at radius 2 is 2.20 bits per heavy atom. The third-order valence-electron chi connectivity index (χ3n) is 1.53. The SMILES string of the molecule is OC(OCC1CO1)C1CO1. The molecule has 0 aliphatic carbocycles. The maximum Gasteiger partial charge on any atom is 0.183 e. The Hall–Kier alpha value is -0.160. The lowest BCUT2D eigenvalue weighted by atomic mass is 10.4. The minimum absolute atomic E-state index is 0.0845. The van der Waals surface area contributed by atoms with Gasteiger partial charge in [0.1, 0.15) is 12.2 Å². The number of hydrogen-bond donors (Lipinski definition) is 1. The van der Waals surface area contributed by atoms with E-state index >= 15 is 0 Å². The zero-order chi connectivity index (χ0) is 6.97. The highest BCUT2D eigenvalue weighted by molar-refractivity contribution is 4.74. The van der Waals surface area contributed by atoms with Gasteiger partial charge in [-0.05, 0) is 0 Å². The van der Waals surface area contributed by atoms with Gasteiger partial charge in [-0.15, -0.1) is 0 Å². The van der Waals surface area contributed by atoms with Crippen molar-refractivity contribution in [1.82, 2.24) is 0 Å². The molecule has 0 aromatic rings. The predicted molar refractivity (Wildman–Crippen MR) is 31.4 cm³/mol. The van der Waals surface area contributed by atoms with Crippen molar-refractivity contribution in [2.45, 2.75) is 18.5 Å². The van der Waals surface area contributed by atoms with E-state index in [1.807, 2.05) is 0 Å². The molecule has 0 aromatic carbocycles. The van der Waals surface area contributed by atoms with Gasteiger partial charge in [0, 0.05) is 0 Å². The number of rotatable bonds is 4. The number of epoxide rings is 2. The van der Waals surface area contributed by atoms with Crippen molar-refractivity contribution in [1.29, 1.82) is 0 Å². The van der Waals surface area contributed by atoms with Gasteiger partial charge in [0.25, 0.3) is 0 Å². The van der Waals surface area contributed by atoms with Gasteiger partial charge >= 0.3 is 0 Å². The Labute approximate surface area is 58.7 Å². The van der Waals surface area contributed by atoms with Crippen molar-refractivity contribution in [3.63, 3.8) is 0 Å². The van der Waals surface area contributed by atoms with Crippen LogP contribution in [0.1, 0.15) is 0 Å². The zero-order valence-electron chi connectivity index (χ0n) is 5.53. The van der Waals surface area contributed by atoms with E-state index in [0.717, 1.165) is 6.61 Å². The molecule has 0 aromatic heterocycles. The predicted octanol–water partition coefficient (Wildman–Crippen LogP) is -0.881. The van der Waals surface area contributed by atoms with Gasteiger partial charge in [0.05, 0.1) is 19.8 Å². The summed E-state index contributed by atoms with van der Waals surface area (Å²) >= 11 is 0. The number of ether oxygens (including phenoxy) is 3. The molecule has 1 N–H and O–H groups in total. The second-order valence-corrected chi connectivity index (χ2v) is 2.55. The first-order chi connectivity index (χ1) is 4.86. The first-order valence-electron chi connectivity index (χ1n) is 3.39. The summed E-state index contributed by atoms with van der Waals surface area (Å²) in [4.78, 5) is 0. The molecule has 0 spiro atoms. The highest BCUT2D eigenvalue weighted by atomic mass is 16.7. The summed E-state index contributed by atoms with van der Waals surface area (Å²) in [7, 11) is 0. The minimum atomic E-state index is -0.746. The van der Waals surface area contributed by atoms with Crippen LogP contribution in [0.4, 0.5) is 0 Å². The topological polar surface area (TPSA) is 54.5 Å². The van der Waals surface area contributed by atoms with E-state index in [-0.39, 0.29) is 12.2 Å². The molecule has 0 saturated carbocycles. The summed E-state index contributed by atoms with van der Waals surface area (Å²) in [5.74, 6) is 0. The summed E-state index contributed by atoms with van der Waals surface area (Å²) in [5.41, 5.74) is 0. The molecule has 2 aliphatic rings. The molecule has 10 heavy (non-hydrogen) atoms. The first kappa shape index (κ1) is 6.54. The Bertz CT molecular complexity index is 119. The fraction of sp³-hybridized carbons (Fsp3) is 1.00. The van der Waals surface area contributed by atoms with Crippen LogP contribution in [0.15, 0.2) is 0 Å². The fourth-order valence-electron chi connectivity index (χ4n) is 0.698. The third-order valence-corrected chi connectivity index (χ3v) is 1.53. The summed E-state index contributed by atoms with van der Waals surface area (Å²) in [6, 6.07) is 0. The fourth-order valence-corrected chi connectivity index (χ4v) is 0.698. The Morgan fingerprint density at radius 1 is 1.50 bits per heavy atom. The van der Waals surface area contributed by atoms with Gasteiger partial charge in [-0.1, -0.05) is 0 Å². The molecule has 4 nitrogen and oxygen atoms in total. The summed E-state index contributed by atoms with van der Waals surface area (Å²) < 4.78 is 14.7. The molecule has 2 aliphatic heterocycles. The second-order valence-electron chi connectivity index (χ2n) is 2.55. The van der Waals surface area contributed by atoms with E-state index in [1.165, 1.54) is 0 Å². The van der Waals surface area contributed by atoms with Gasteiger partial charge in [-0.2, -0.15) is 0 Å². The van der Waals surface area contributed by atoms with E-state index in [9.17, 15) is 0 Å². The smallest absolute Gasteiger partial charge is 0.183 e. The number of hydrogen-bond acceptors (Lipinski definition) is 4. The van der Waals surface area contributed by atoms with Crippen LogP contribution in [0.5, 0.6) is 0 Å². The van der Waals surface area contributed by atoms with Crippen molar-refractivity contribution < 1.29 is 19.3 Å². The van der Waals surface area contributed by atoms with Gasteiger partial charge in [-0.3, -0.25) is 0 Å². The van der Waals surface area contributed by atoms with E-state index in [1.54, 1.807) is 0 Å². The van der Waals surface area contributed by atoms with Gasteiger partial charge < -0.3 is 19.3 Å². The second kappa shape index (κ2) is 2.47. The van der Waals surface area contributed by atoms with Crippen LogP contribution in [0.3, 0.4) is 0 Å². The summed E-state index contributed by atoms with van der Waals surface area (Å²) in [6.45, 7) is 1.87. The van der Waals surface area contributed by atoms with E-state index in [2.05, 4.69) is 0 Å². The van der Waals surface area contributed by atoms with Crippen molar-refractivity contribution >= 4 is 0 Å². The van der Waals surface area contributed by atoms with E-state index in [0.29, 0.717) is 13.2 Å². The average molecular weight is 146 g/mol. The molecule has 0 amide bonds. The van der Waals surface area contributed by atoms with Crippen LogP contribution < -0.4 is 0 Å². The summed E-state index contributed by atoms with van der Waals surface area (Å²) in [5, 5.41) is 9.06. The largest absolute Gasteiger partial charge is 0.371 e. The van der Waals surface area contributed by atoms with Crippen LogP contribution in [0.2, 0.25) is 0 Å². The van der Waals surface area contributed by atoms with Crippen LogP contribution in [0.25, 0.3) is 0 Å². The lowest BCUT2D eigenvalue weighted by Crippen LogP contribution is -2.21. The molecule has 3 atom stereocenters. The van der Waals surface area contributed by atoms with Crippen molar-refractivity contribution in [2.75, 3.05) is 19.8 Å². The van der Waals surface area contributed by atoms with Crippen LogP contribution in [-0.4, -0.2) is 43.4 Å². The van der Waals surface area contributed by atoms with Crippen LogP contribution in [-0.2, 0) is 14.2 Å². The van der Waals surface area contributed by atoms with Gasteiger partial charge in [0.15, 0.2) is 6.29 Å². The molecular formula is C6H10O4. The van der Waals surface area contributed by atoms with Crippen LogP contribution in [0, 0.1) is 0 Å². The molecule has 0 radical (unpaired) electrons. The van der Waals surface area contributed by atoms with Crippen molar-refractivity contribution in [3.05, 3.63) is 0 Å². The Balaban J connectivity index is 1.58. The molecule has 2 heterocycles. The van der Waals surface area contributed by atoms with Crippen molar-refractivity contribution in [3.8, 4) is 0 Å². The standard InChI is InChI=1S/C6H10O4/c7-6(5-3-9-5)10-2-4-1-8-4/h4-7H,1-3H2. The molecule has 3 unspecified atom stereocenters. The molecule has 2 saturated heterocycles. The van der Waals surface area contributed by atoms with E-state index in [4.69, 9.17) is 19.3 Å². The van der Waals surface area contributed by atoms with Gasteiger partial charge in [0.2, 0.25) is 0 Å². The molecule has 58 valence electrons. The maximum absolute atomic E-state index is 9.06. The molecule has 0 bridgehead atoms. The highest BCUT2D eigenvalue weighted by Crippen LogP contribution is 2.17. The van der Waals surface area contributed by atoms with Crippen LogP contribution >= 0.6 is 0 Å². The van der Waals surface area contributed by atoms with E-state index < -0.39 is 6.29 Å². The quantitative estimate of drug-likeness (QED) is 0.413. The average Bonchev–Trinajstić information content (AvgIpc) is 2.76. The normalized spacial score (nSPS) is 39.3.